The number of rotatable bonds is 6. The third-order valence-electron chi connectivity index (χ3n) is 5.31. The standard InChI is InChI=1S/C23H22N4O5S/c1-14(2)9-11-27-18-8-7-15(32-12-10-24)13-16(18)21(28)20(23(27)29)22-25-17-5-3-4-6-19(17)33(30,31)26-22/h3-8,13-14,28H,9,11-12H2,1-2H3,(H,25,26). The van der Waals surface area contributed by atoms with Crippen molar-refractivity contribution in [3.05, 3.63) is 58.4 Å². The number of fused-ring (bicyclic) bond motifs is 2. The van der Waals surface area contributed by atoms with Crippen molar-refractivity contribution in [3.8, 4) is 17.6 Å². The van der Waals surface area contributed by atoms with Gasteiger partial charge in [0.05, 0.1) is 11.2 Å². The van der Waals surface area contributed by atoms with Gasteiger partial charge in [0, 0.05) is 11.9 Å². The Morgan fingerprint density at radius 2 is 2.00 bits per heavy atom. The summed E-state index contributed by atoms with van der Waals surface area (Å²) in [6.45, 7) is 4.22. The molecule has 10 heteroatoms. The van der Waals surface area contributed by atoms with Gasteiger partial charge in [0.1, 0.15) is 28.0 Å². The maximum absolute atomic E-state index is 13.5. The first-order chi connectivity index (χ1) is 15.7. The van der Waals surface area contributed by atoms with Crippen LogP contribution in [-0.2, 0) is 16.6 Å². The summed E-state index contributed by atoms with van der Waals surface area (Å²) in [4.78, 5) is 13.5. The van der Waals surface area contributed by atoms with Crippen molar-refractivity contribution in [1.29, 1.82) is 5.26 Å². The summed E-state index contributed by atoms with van der Waals surface area (Å²) in [5, 5.41) is 23.1. The molecule has 170 valence electrons. The predicted octanol–water partition coefficient (Wildman–Crippen LogP) is 3.22. The fourth-order valence-corrected chi connectivity index (χ4v) is 4.79. The Kier molecular flexibility index (Phi) is 5.82. The van der Waals surface area contributed by atoms with Crippen LogP contribution in [0.25, 0.3) is 10.9 Å². The minimum Gasteiger partial charge on any atom is -0.506 e. The predicted molar refractivity (Wildman–Crippen MR) is 124 cm³/mol. The lowest BCUT2D eigenvalue weighted by molar-refractivity contribution is 0.368. The van der Waals surface area contributed by atoms with Gasteiger partial charge in [-0.1, -0.05) is 26.0 Å². The van der Waals surface area contributed by atoms with E-state index < -0.39 is 21.3 Å². The summed E-state index contributed by atoms with van der Waals surface area (Å²) in [7, 11) is -4.08. The smallest absolute Gasteiger partial charge is 0.286 e. The Labute approximate surface area is 190 Å². The fraction of sp³-hybridized carbons (Fsp3) is 0.261. The van der Waals surface area contributed by atoms with Crippen LogP contribution in [0.15, 0.2) is 56.6 Å². The molecule has 9 nitrogen and oxygen atoms in total. The maximum Gasteiger partial charge on any atom is 0.286 e. The molecule has 0 unspecified atom stereocenters. The third-order valence-corrected chi connectivity index (χ3v) is 6.64. The second kappa shape index (κ2) is 8.60. The Morgan fingerprint density at radius 3 is 2.73 bits per heavy atom. The van der Waals surface area contributed by atoms with Gasteiger partial charge in [-0.15, -0.1) is 4.40 Å². The van der Waals surface area contributed by atoms with E-state index in [-0.39, 0.29) is 34.0 Å². The van der Waals surface area contributed by atoms with E-state index in [1.54, 1.807) is 30.3 Å². The highest BCUT2D eigenvalue weighted by Gasteiger charge is 2.29. The number of amidine groups is 1. The van der Waals surface area contributed by atoms with Crippen LogP contribution in [-0.4, -0.2) is 30.5 Å². The molecule has 0 atom stereocenters. The van der Waals surface area contributed by atoms with Crippen molar-refractivity contribution in [3.63, 3.8) is 0 Å². The first-order valence-electron chi connectivity index (χ1n) is 10.3. The highest BCUT2D eigenvalue weighted by Crippen LogP contribution is 2.33. The molecule has 3 aromatic rings. The molecule has 0 saturated heterocycles. The average Bonchev–Trinajstić information content (AvgIpc) is 2.77. The van der Waals surface area contributed by atoms with Crippen LogP contribution in [0.5, 0.6) is 11.5 Å². The molecule has 2 N–H and O–H groups in total. The molecule has 4 rings (SSSR count). The Bertz CT molecular complexity index is 1480. The summed E-state index contributed by atoms with van der Waals surface area (Å²) >= 11 is 0. The summed E-state index contributed by atoms with van der Waals surface area (Å²) < 4.78 is 36.1. The Balaban J connectivity index is 1.97. The topological polar surface area (TPSA) is 134 Å². The van der Waals surface area contributed by atoms with Crippen LogP contribution in [0.2, 0.25) is 0 Å². The van der Waals surface area contributed by atoms with Gasteiger partial charge >= 0.3 is 0 Å². The third kappa shape index (κ3) is 4.15. The lowest BCUT2D eigenvalue weighted by atomic mass is 10.1. The molecule has 0 radical (unpaired) electrons. The normalized spacial score (nSPS) is 14.3. The number of anilines is 1. The van der Waals surface area contributed by atoms with Gasteiger partial charge in [-0.05, 0) is 42.7 Å². The number of nitrogens with zero attached hydrogens (tertiary/aromatic N) is 3. The zero-order valence-corrected chi connectivity index (χ0v) is 18.9. The zero-order chi connectivity index (χ0) is 23.8. The molecule has 1 aliphatic heterocycles. The molecule has 1 aliphatic rings. The number of aromatic nitrogens is 1. The molecule has 0 fully saturated rings. The second-order valence-electron chi connectivity index (χ2n) is 8.02. The van der Waals surface area contributed by atoms with Crippen LogP contribution >= 0.6 is 0 Å². The average molecular weight is 467 g/mol. The van der Waals surface area contributed by atoms with E-state index in [9.17, 15) is 18.3 Å². The fourth-order valence-electron chi connectivity index (χ4n) is 3.67. The highest BCUT2D eigenvalue weighted by atomic mass is 32.2. The molecule has 0 bridgehead atoms. The lowest BCUT2D eigenvalue weighted by Crippen LogP contribution is -2.33. The zero-order valence-electron chi connectivity index (χ0n) is 18.1. The van der Waals surface area contributed by atoms with Gasteiger partial charge in [0.2, 0.25) is 0 Å². The summed E-state index contributed by atoms with van der Waals surface area (Å²) in [5.74, 6) is -0.0329. The van der Waals surface area contributed by atoms with Crippen molar-refractivity contribution in [2.75, 3.05) is 11.9 Å². The second-order valence-corrected chi connectivity index (χ2v) is 9.60. The van der Waals surface area contributed by atoms with Crippen molar-refractivity contribution >= 4 is 32.4 Å². The number of benzene rings is 2. The molecular weight excluding hydrogens is 444 g/mol. The van der Waals surface area contributed by atoms with Crippen molar-refractivity contribution in [2.24, 2.45) is 10.3 Å². The minimum absolute atomic E-state index is 0.0126. The molecular formula is C23H22N4O5S. The number of aryl methyl sites for hydroxylation is 1. The van der Waals surface area contributed by atoms with Gasteiger partial charge in [-0.2, -0.15) is 13.7 Å². The van der Waals surface area contributed by atoms with Crippen molar-refractivity contribution < 1.29 is 18.3 Å². The number of aromatic hydroxyl groups is 1. The van der Waals surface area contributed by atoms with Crippen molar-refractivity contribution in [2.45, 2.75) is 31.7 Å². The number of hydrogen-bond donors (Lipinski definition) is 2. The molecule has 2 aromatic carbocycles. The summed E-state index contributed by atoms with van der Waals surface area (Å²) in [5.41, 5.74) is -0.0824. The molecule has 1 aromatic heterocycles. The van der Waals surface area contributed by atoms with E-state index in [4.69, 9.17) is 10.00 Å². The summed E-state index contributed by atoms with van der Waals surface area (Å²) in [6, 6.07) is 12.9. The van der Waals surface area contributed by atoms with Crippen LogP contribution in [0.3, 0.4) is 0 Å². The van der Waals surface area contributed by atoms with Gasteiger partial charge < -0.3 is 19.7 Å². The molecule has 0 amide bonds. The number of nitrogens with one attached hydrogen (secondary N) is 1. The largest absolute Gasteiger partial charge is 0.506 e. The van der Waals surface area contributed by atoms with Crippen LogP contribution < -0.4 is 15.6 Å². The van der Waals surface area contributed by atoms with Crippen LogP contribution in [0.1, 0.15) is 25.8 Å². The van der Waals surface area contributed by atoms with Gasteiger partial charge in [0.15, 0.2) is 12.4 Å². The number of ether oxygens (including phenoxy) is 1. The van der Waals surface area contributed by atoms with E-state index in [1.807, 2.05) is 19.9 Å². The molecule has 0 saturated carbocycles. The first kappa shape index (κ1) is 22.4. The van der Waals surface area contributed by atoms with Crippen LogP contribution in [0.4, 0.5) is 5.69 Å². The molecule has 2 heterocycles. The lowest BCUT2D eigenvalue weighted by Gasteiger charge is -2.21. The van der Waals surface area contributed by atoms with Gasteiger partial charge in [-0.3, -0.25) is 4.79 Å². The maximum atomic E-state index is 13.5. The molecule has 33 heavy (non-hydrogen) atoms. The van der Waals surface area contributed by atoms with E-state index in [2.05, 4.69) is 9.71 Å². The van der Waals surface area contributed by atoms with Crippen molar-refractivity contribution in [1.82, 2.24) is 4.57 Å². The number of pyridine rings is 1. The van der Waals surface area contributed by atoms with E-state index in [0.29, 0.717) is 30.1 Å². The minimum atomic E-state index is -4.08. The summed E-state index contributed by atoms with van der Waals surface area (Å²) in [6.07, 6.45) is 0.687. The number of nitriles is 1. The number of hydrogen-bond acceptors (Lipinski definition) is 7. The van der Waals surface area contributed by atoms with Gasteiger partial charge in [0.25, 0.3) is 15.6 Å². The Morgan fingerprint density at radius 1 is 1.24 bits per heavy atom. The number of para-hydroxylation sites is 1. The SMILES string of the molecule is CC(C)CCn1c(=O)c(C2=NS(=O)(=O)c3ccccc3N2)c(O)c2cc(OCC#N)ccc21. The monoisotopic (exact) mass is 466 g/mol. The molecule has 0 spiro atoms. The van der Waals surface area contributed by atoms with E-state index >= 15 is 0 Å². The first-order valence-corrected chi connectivity index (χ1v) is 11.8. The van der Waals surface area contributed by atoms with Gasteiger partial charge in [-0.25, -0.2) is 0 Å². The van der Waals surface area contributed by atoms with E-state index in [0.717, 1.165) is 0 Å². The van der Waals surface area contributed by atoms with E-state index in [1.165, 1.54) is 16.7 Å². The highest BCUT2D eigenvalue weighted by molar-refractivity contribution is 7.90. The Hall–Kier alpha value is -3.84. The molecule has 0 aliphatic carbocycles. The quantitative estimate of drug-likeness (QED) is 0.570. The van der Waals surface area contributed by atoms with Crippen LogP contribution in [0, 0.1) is 17.2 Å². The number of sulfonamides is 1.